The molecule has 4 amide bonds. The van der Waals surface area contributed by atoms with Gasteiger partial charge >= 0.3 is 0 Å². The second kappa shape index (κ2) is 16.1. The van der Waals surface area contributed by atoms with Gasteiger partial charge in [0.05, 0.1) is 53.1 Å². The molecule has 5 aromatic heterocycles. The molecule has 3 aliphatic rings. The minimum absolute atomic E-state index is 0.00274. The van der Waals surface area contributed by atoms with E-state index < -0.39 is 5.91 Å². The Morgan fingerprint density at radius 2 is 1.24 bits per heavy atom. The molecule has 22 nitrogen and oxygen atoms in total. The van der Waals surface area contributed by atoms with E-state index in [1.807, 2.05) is 24.3 Å². The van der Waals surface area contributed by atoms with Gasteiger partial charge in [-0.3, -0.25) is 28.5 Å². The molecule has 0 spiro atoms. The van der Waals surface area contributed by atoms with Crippen LogP contribution >= 0.6 is 0 Å². The second-order valence-corrected chi connectivity index (χ2v) is 15.2. The number of aromatic amines is 1. The van der Waals surface area contributed by atoms with Gasteiger partial charge in [0.25, 0.3) is 11.8 Å². The van der Waals surface area contributed by atoms with Crippen LogP contribution in [0.15, 0.2) is 36.9 Å². The molecule has 2 saturated carbocycles. The molecule has 2 aromatic carbocycles. The summed E-state index contributed by atoms with van der Waals surface area (Å²) in [6.07, 6.45) is 7.13. The Labute approximate surface area is 358 Å². The Balaban J connectivity index is 0.000000160. The smallest absolute Gasteiger partial charge is 0.273 e. The van der Waals surface area contributed by atoms with Crippen LogP contribution in [0.3, 0.4) is 0 Å². The van der Waals surface area contributed by atoms with Gasteiger partial charge in [-0.1, -0.05) is 12.1 Å². The van der Waals surface area contributed by atoms with Gasteiger partial charge in [0.1, 0.15) is 12.7 Å². The maximum absolute atomic E-state index is 12.5. The van der Waals surface area contributed by atoms with Gasteiger partial charge < -0.3 is 41.0 Å². The van der Waals surface area contributed by atoms with Crippen molar-refractivity contribution in [2.75, 3.05) is 44.3 Å². The fourth-order valence-electron chi connectivity index (χ4n) is 7.44. The Morgan fingerprint density at radius 3 is 1.81 bits per heavy atom. The van der Waals surface area contributed by atoms with Crippen LogP contribution in [0.5, 0.6) is 11.5 Å². The number of amides is 4. The van der Waals surface area contributed by atoms with Crippen LogP contribution in [0.25, 0.3) is 44.6 Å². The minimum Gasteiger partial charge on any atom is -0.494 e. The van der Waals surface area contributed by atoms with Crippen LogP contribution < -0.4 is 36.1 Å². The lowest BCUT2D eigenvalue weighted by Gasteiger charge is -2.26. The van der Waals surface area contributed by atoms with Crippen LogP contribution in [0.2, 0.25) is 0 Å². The number of hydrogen-bond donors (Lipinski definition) is 6. The fraction of sp³-hybridized carbons (Fsp3) is 0.317. The zero-order valence-corrected chi connectivity index (χ0v) is 35.1. The van der Waals surface area contributed by atoms with Crippen LogP contribution in [0, 0.1) is 11.8 Å². The van der Waals surface area contributed by atoms with Gasteiger partial charge in [-0.15, -0.1) is 20.4 Å². The number of ether oxygens (including phenoxy) is 2. The van der Waals surface area contributed by atoms with E-state index in [-0.39, 0.29) is 40.9 Å². The summed E-state index contributed by atoms with van der Waals surface area (Å²) in [6, 6.07) is 7.56. The SMILES string of the molecule is CNC(=O)c1nnc(NC(=O)C2CC2)c2c1Nc1c(ccc(-c3ncn(C)n3)c1OC)C2.CNC(=O)c1nnc(NC(=O)C2CC2)c2c1[nH]c1c(OC)c(-c3ncn(C)n3)ccc12. The van der Waals surface area contributed by atoms with Crippen molar-refractivity contribution >= 4 is 68.4 Å². The van der Waals surface area contributed by atoms with Crippen molar-refractivity contribution in [2.45, 2.75) is 32.1 Å². The first-order valence-corrected chi connectivity index (χ1v) is 20.0. The molecule has 0 unspecified atom stereocenters. The molecule has 2 fully saturated rings. The number of anilines is 4. The zero-order chi connectivity index (χ0) is 44.1. The number of H-pyrrole nitrogens is 1. The molecule has 10 rings (SSSR count). The van der Waals surface area contributed by atoms with Crippen LogP contribution in [-0.4, -0.2) is 107 Å². The maximum atomic E-state index is 12.5. The van der Waals surface area contributed by atoms with Gasteiger partial charge in [0, 0.05) is 57.4 Å². The van der Waals surface area contributed by atoms with Gasteiger partial charge in [0.2, 0.25) is 11.8 Å². The molecule has 0 saturated heterocycles. The number of nitrogens with zero attached hydrogens (tertiary/aromatic N) is 10. The van der Waals surface area contributed by atoms with Gasteiger partial charge in [0.15, 0.2) is 46.2 Å². The van der Waals surface area contributed by atoms with Crippen molar-refractivity contribution in [3.8, 4) is 34.3 Å². The van der Waals surface area contributed by atoms with Crippen molar-refractivity contribution in [3.63, 3.8) is 0 Å². The molecular weight excluding hydrogens is 813 g/mol. The first-order chi connectivity index (χ1) is 30.5. The molecule has 63 heavy (non-hydrogen) atoms. The lowest BCUT2D eigenvalue weighted by atomic mass is 9.94. The summed E-state index contributed by atoms with van der Waals surface area (Å²) in [5.41, 5.74) is 5.56. The number of carbonyl (C=O) groups excluding carboxylic acids is 4. The molecule has 22 heteroatoms. The largest absolute Gasteiger partial charge is 0.494 e. The van der Waals surface area contributed by atoms with Gasteiger partial charge in [-0.05, 0) is 43.4 Å². The second-order valence-electron chi connectivity index (χ2n) is 15.2. The number of methoxy groups -OCH3 is 2. The zero-order valence-electron chi connectivity index (χ0n) is 35.1. The van der Waals surface area contributed by atoms with E-state index in [9.17, 15) is 19.2 Å². The predicted octanol–water partition coefficient (Wildman–Crippen LogP) is 3.26. The monoisotopic (exact) mass is 854 g/mol. The van der Waals surface area contributed by atoms with Crippen LogP contribution in [0.1, 0.15) is 57.8 Å². The summed E-state index contributed by atoms with van der Waals surface area (Å²) in [5.74, 6) is 1.83. The molecule has 0 radical (unpaired) electrons. The fourth-order valence-corrected chi connectivity index (χ4v) is 7.44. The van der Waals surface area contributed by atoms with Crippen LogP contribution in [-0.2, 0) is 30.1 Å². The average molecular weight is 855 g/mol. The summed E-state index contributed by atoms with van der Waals surface area (Å²) in [5, 5.41) is 40.8. The maximum Gasteiger partial charge on any atom is 0.273 e. The number of benzene rings is 2. The minimum atomic E-state index is -0.394. The third-order valence-corrected chi connectivity index (χ3v) is 10.9. The van der Waals surface area contributed by atoms with Crippen molar-refractivity contribution in [2.24, 2.45) is 25.9 Å². The topological polar surface area (TPSA) is 276 Å². The van der Waals surface area contributed by atoms with E-state index in [1.54, 1.807) is 50.3 Å². The lowest BCUT2D eigenvalue weighted by Crippen LogP contribution is -2.26. The molecular formula is C41H42N16O6. The Bertz CT molecular complexity index is 3000. The molecule has 2 aliphatic carbocycles. The predicted molar refractivity (Wildman–Crippen MR) is 229 cm³/mol. The van der Waals surface area contributed by atoms with E-state index in [4.69, 9.17) is 9.47 Å². The summed E-state index contributed by atoms with van der Waals surface area (Å²) in [6.45, 7) is 0. The first-order valence-electron chi connectivity index (χ1n) is 20.0. The molecule has 1 aliphatic heterocycles. The highest BCUT2D eigenvalue weighted by Crippen LogP contribution is 2.46. The molecule has 6 heterocycles. The summed E-state index contributed by atoms with van der Waals surface area (Å²) in [7, 11) is 9.76. The lowest BCUT2D eigenvalue weighted by molar-refractivity contribution is -0.118. The summed E-state index contributed by atoms with van der Waals surface area (Å²) in [4.78, 5) is 61.6. The van der Waals surface area contributed by atoms with E-state index in [0.717, 1.165) is 36.6 Å². The van der Waals surface area contributed by atoms with Crippen molar-refractivity contribution < 1.29 is 28.7 Å². The Kier molecular flexibility index (Phi) is 10.3. The normalized spacial score (nSPS) is 13.8. The summed E-state index contributed by atoms with van der Waals surface area (Å²) < 4.78 is 14.6. The standard InChI is InChI=1S/C21H22N8O3.C20H20N8O3/c1-22-21(31)16-15-13(19(27-26-16)25-20(30)10-4-5-10)8-11-6-7-12(17(32-3)14(11)24-15)18-23-9-29(2)28-18;1-21-20(30)15-14-12(18(26-25-15)24-19(29)9-4-5-9)10-6-7-11(16(31-3)13(10)23-14)17-22-8-28(2)27-17/h6-7,9-10,24H,4-5,8H2,1-3H3,(H,22,31)(H,25,27,30);6-9,23H,4-5H2,1-3H3,(H,21,30)(H,24,26,29). The Hall–Kier alpha value is -8.04. The van der Waals surface area contributed by atoms with E-state index in [1.165, 1.54) is 14.1 Å². The third-order valence-electron chi connectivity index (χ3n) is 10.9. The van der Waals surface area contributed by atoms with Crippen LogP contribution in [0.4, 0.5) is 23.0 Å². The summed E-state index contributed by atoms with van der Waals surface area (Å²) >= 11 is 0. The number of rotatable bonds is 10. The van der Waals surface area contributed by atoms with Crippen molar-refractivity contribution in [1.29, 1.82) is 0 Å². The number of aryl methyl sites for hydroxylation is 2. The number of fused-ring (bicyclic) bond motifs is 5. The quantitative estimate of drug-likeness (QED) is 0.115. The molecule has 0 atom stereocenters. The highest BCUT2D eigenvalue weighted by Gasteiger charge is 2.34. The number of nitrogens with one attached hydrogen (secondary N) is 6. The van der Waals surface area contributed by atoms with Gasteiger partial charge in [-0.2, -0.15) is 10.2 Å². The van der Waals surface area contributed by atoms with E-state index in [2.05, 4.69) is 72.1 Å². The third kappa shape index (κ3) is 7.44. The number of hydrogen-bond acceptors (Lipinski definition) is 15. The molecule has 6 N–H and O–H groups in total. The highest BCUT2D eigenvalue weighted by molar-refractivity contribution is 6.20. The molecule has 0 bridgehead atoms. The molecule has 7 aromatic rings. The van der Waals surface area contributed by atoms with Crippen molar-refractivity contribution in [1.82, 2.24) is 65.5 Å². The van der Waals surface area contributed by atoms with E-state index >= 15 is 0 Å². The first kappa shape index (κ1) is 40.4. The average Bonchev–Trinajstić information content (AvgIpc) is 4.21. The van der Waals surface area contributed by atoms with Gasteiger partial charge in [-0.25, -0.2) is 9.97 Å². The number of carbonyl (C=O) groups is 4. The Morgan fingerprint density at radius 1 is 0.683 bits per heavy atom. The molecule has 322 valence electrons. The number of aromatic nitrogens is 11. The highest BCUT2D eigenvalue weighted by atomic mass is 16.5. The van der Waals surface area contributed by atoms with Crippen molar-refractivity contribution in [3.05, 3.63) is 59.4 Å². The van der Waals surface area contributed by atoms with E-state index in [0.29, 0.717) is 85.7 Å².